The van der Waals surface area contributed by atoms with E-state index in [1.165, 1.54) is 11.3 Å². The van der Waals surface area contributed by atoms with Crippen LogP contribution in [0.3, 0.4) is 0 Å². The number of piperidine rings is 1. The van der Waals surface area contributed by atoms with E-state index in [0.717, 1.165) is 11.4 Å². The van der Waals surface area contributed by atoms with Gasteiger partial charge in [0.1, 0.15) is 5.51 Å². The van der Waals surface area contributed by atoms with Gasteiger partial charge in [0, 0.05) is 24.0 Å². The molecule has 4 rings (SSSR count). The first-order valence-corrected chi connectivity index (χ1v) is 11.0. The van der Waals surface area contributed by atoms with Crippen LogP contribution in [0.5, 0.6) is 0 Å². The Kier molecular flexibility index (Phi) is 6.10. The second kappa shape index (κ2) is 8.93. The standard InChI is InChI=1S/C20H21ClN6O2S/c1-2-17-16(11-23-27(17)15-5-3-4-14(21)10-15)19(29)26-8-6-13(7-9-26)18(28)24-20-25-22-12-30-20/h3-5,10-13H,2,6-9H2,1H3,(H,24,25,28). The van der Waals surface area contributed by atoms with Crippen molar-refractivity contribution in [2.75, 3.05) is 18.4 Å². The summed E-state index contributed by atoms with van der Waals surface area (Å²) in [6.45, 7) is 3.05. The van der Waals surface area contributed by atoms with Gasteiger partial charge in [0.2, 0.25) is 11.0 Å². The number of nitrogens with zero attached hydrogens (tertiary/aromatic N) is 5. The van der Waals surface area contributed by atoms with Crippen molar-refractivity contribution in [2.45, 2.75) is 26.2 Å². The van der Waals surface area contributed by atoms with Crippen molar-refractivity contribution in [2.24, 2.45) is 5.92 Å². The Morgan fingerprint density at radius 2 is 2.10 bits per heavy atom. The average molecular weight is 445 g/mol. The number of likely N-dealkylation sites (tertiary alicyclic amines) is 1. The highest BCUT2D eigenvalue weighted by Gasteiger charge is 2.30. The first-order valence-electron chi connectivity index (χ1n) is 9.76. The minimum Gasteiger partial charge on any atom is -0.338 e. The third-order valence-electron chi connectivity index (χ3n) is 5.23. The quantitative estimate of drug-likeness (QED) is 0.650. The number of rotatable bonds is 5. The molecule has 1 aromatic carbocycles. The fourth-order valence-electron chi connectivity index (χ4n) is 3.67. The maximum atomic E-state index is 13.2. The van der Waals surface area contributed by atoms with Gasteiger partial charge in [-0.3, -0.25) is 9.59 Å². The summed E-state index contributed by atoms with van der Waals surface area (Å²) in [6.07, 6.45) is 3.51. The number of amides is 2. The monoisotopic (exact) mass is 444 g/mol. The predicted molar refractivity (Wildman–Crippen MR) is 115 cm³/mol. The molecule has 1 fully saturated rings. The fraction of sp³-hybridized carbons (Fsp3) is 0.350. The van der Waals surface area contributed by atoms with E-state index in [1.807, 2.05) is 25.1 Å². The van der Waals surface area contributed by atoms with Gasteiger partial charge in [-0.15, -0.1) is 10.2 Å². The molecule has 1 N–H and O–H groups in total. The molecular formula is C20H21ClN6O2S. The molecule has 0 saturated carbocycles. The molecule has 1 aliphatic rings. The fourth-order valence-corrected chi connectivity index (χ4v) is 4.31. The van der Waals surface area contributed by atoms with Gasteiger partial charge in [-0.2, -0.15) is 5.10 Å². The molecule has 0 spiro atoms. The number of benzene rings is 1. The van der Waals surface area contributed by atoms with Crippen molar-refractivity contribution < 1.29 is 9.59 Å². The normalized spacial score (nSPS) is 14.7. The molecule has 0 atom stereocenters. The van der Waals surface area contributed by atoms with Gasteiger partial charge in [0.15, 0.2) is 0 Å². The molecule has 2 aromatic heterocycles. The van der Waals surface area contributed by atoms with Crippen molar-refractivity contribution in [1.82, 2.24) is 24.9 Å². The van der Waals surface area contributed by atoms with Gasteiger partial charge >= 0.3 is 0 Å². The van der Waals surface area contributed by atoms with E-state index >= 15 is 0 Å². The molecule has 0 unspecified atom stereocenters. The van der Waals surface area contributed by atoms with Crippen molar-refractivity contribution >= 4 is 39.9 Å². The predicted octanol–water partition coefficient (Wildman–Crippen LogP) is 3.43. The maximum Gasteiger partial charge on any atom is 0.257 e. The zero-order valence-electron chi connectivity index (χ0n) is 16.4. The van der Waals surface area contributed by atoms with E-state index in [2.05, 4.69) is 20.6 Å². The SMILES string of the molecule is CCc1c(C(=O)N2CCC(C(=O)Nc3nncs3)CC2)cnn1-c1cccc(Cl)c1. The lowest BCUT2D eigenvalue weighted by atomic mass is 9.95. The van der Waals surface area contributed by atoms with Crippen molar-refractivity contribution in [3.63, 3.8) is 0 Å². The molecule has 1 saturated heterocycles. The minimum absolute atomic E-state index is 0.0527. The van der Waals surface area contributed by atoms with E-state index in [1.54, 1.807) is 27.4 Å². The zero-order valence-corrected chi connectivity index (χ0v) is 18.0. The second-order valence-corrected chi connectivity index (χ2v) is 8.32. The highest BCUT2D eigenvalue weighted by atomic mass is 35.5. The molecule has 3 aromatic rings. The summed E-state index contributed by atoms with van der Waals surface area (Å²) in [6, 6.07) is 7.40. The third kappa shape index (κ3) is 4.22. The van der Waals surface area contributed by atoms with E-state index in [0.29, 0.717) is 48.1 Å². The molecule has 0 aliphatic carbocycles. The molecule has 3 heterocycles. The number of nitrogens with one attached hydrogen (secondary N) is 1. The van der Waals surface area contributed by atoms with E-state index in [4.69, 9.17) is 11.6 Å². The Bertz CT molecular complexity index is 1040. The molecule has 0 bridgehead atoms. The number of halogens is 1. The highest BCUT2D eigenvalue weighted by Crippen LogP contribution is 2.24. The maximum absolute atomic E-state index is 13.2. The first-order chi connectivity index (χ1) is 14.6. The van der Waals surface area contributed by atoms with Crippen molar-refractivity contribution in [3.8, 4) is 5.69 Å². The number of carbonyl (C=O) groups is 2. The van der Waals surface area contributed by atoms with E-state index < -0.39 is 0 Å². The van der Waals surface area contributed by atoms with Crippen LogP contribution in [0, 0.1) is 5.92 Å². The van der Waals surface area contributed by atoms with Gasteiger partial charge in [-0.25, -0.2) is 4.68 Å². The summed E-state index contributed by atoms with van der Waals surface area (Å²) in [7, 11) is 0. The molecule has 10 heteroatoms. The number of hydrogen-bond acceptors (Lipinski definition) is 6. The van der Waals surface area contributed by atoms with Gasteiger partial charge in [0.25, 0.3) is 5.91 Å². The van der Waals surface area contributed by atoms with Crippen LogP contribution in [0.25, 0.3) is 5.69 Å². The van der Waals surface area contributed by atoms with E-state index in [-0.39, 0.29) is 17.7 Å². The van der Waals surface area contributed by atoms with Crippen molar-refractivity contribution in [3.05, 3.63) is 52.3 Å². The molecule has 0 radical (unpaired) electrons. The Balaban J connectivity index is 1.44. The number of hydrogen-bond donors (Lipinski definition) is 1. The lowest BCUT2D eigenvalue weighted by Gasteiger charge is -2.31. The van der Waals surface area contributed by atoms with Crippen LogP contribution in [0.15, 0.2) is 36.0 Å². The summed E-state index contributed by atoms with van der Waals surface area (Å²) in [5.74, 6) is -0.261. The second-order valence-electron chi connectivity index (χ2n) is 7.05. The first kappa shape index (κ1) is 20.5. The molecule has 30 heavy (non-hydrogen) atoms. The summed E-state index contributed by atoms with van der Waals surface area (Å²) in [4.78, 5) is 27.4. The largest absolute Gasteiger partial charge is 0.338 e. The summed E-state index contributed by atoms with van der Waals surface area (Å²) < 4.78 is 1.77. The van der Waals surface area contributed by atoms with Crippen LogP contribution in [-0.4, -0.2) is 49.8 Å². The summed E-state index contributed by atoms with van der Waals surface area (Å²) in [5, 5.41) is 15.9. The molecule has 1 aliphatic heterocycles. The Labute approximate surface area is 182 Å². The molecule has 8 nitrogen and oxygen atoms in total. The van der Waals surface area contributed by atoms with E-state index in [9.17, 15) is 9.59 Å². The van der Waals surface area contributed by atoms with Gasteiger partial charge in [-0.1, -0.05) is 35.9 Å². The van der Waals surface area contributed by atoms with Crippen LogP contribution in [0.4, 0.5) is 5.13 Å². The van der Waals surface area contributed by atoms with Crippen molar-refractivity contribution in [1.29, 1.82) is 0 Å². The van der Waals surface area contributed by atoms with Crippen LogP contribution in [0.2, 0.25) is 5.02 Å². The van der Waals surface area contributed by atoms with Gasteiger partial charge in [0.05, 0.1) is 23.1 Å². The lowest BCUT2D eigenvalue weighted by Crippen LogP contribution is -2.41. The third-order valence-corrected chi connectivity index (χ3v) is 6.07. The van der Waals surface area contributed by atoms with Crippen LogP contribution < -0.4 is 5.32 Å². The summed E-state index contributed by atoms with van der Waals surface area (Å²) in [5.41, 5.74) is 3.84. The zero-order chi connectivity index (χ0) is 21.1. The highest BCUT2D eigenvalue weighted by molar-refractivity contribution is 7.13. The lowest BCUT2D eigenvalue weighted by molar-refractivity contribution is -0.121. The summed E-state index contributed by atoms with van der Waals surface area (Å²) >= 11 is 7.40. The Hall–Kier alpha value is -2.78. The minimum atomic E-state index is -0.141. The van der Waals surface area contributed by atoms with Gasteiger partial charge in [-0.05, 0) is 37.5 Å². The van der Waals surface area contributed by atoms with Gasteiger partial charge < -0.3 is 10.2 Å². The Morgan fingerprint density at radius 3 is 2.77 bits per heavy atom. The van der Waals surface area contributed by atoms with Crippen LogP contribution in [0.1, 0.15) is 35.8 Å². The van der Waals surface area contributed by atoms with Crippen LogP contribution in [-0.2, 0) is 11.2 Å². The van der Waals surface area contributed by atoms with Crippen LogP contribution >= 0.6 is 22.9 Å². The Morgan fingerprint density at radius 1 is 1.30 bits per heavy atom. The number of aromatic nitrogens is 4. The smallest absolute Gasteiger partial charge is 0.257 e. The molecule has 156 valence electrons. The molecule has 2 amide bonds. The molecular weight excluding hydrogens is 424 g/mol. The number of carbonyl (C=O) groups excluding carboxylic acids is 2. The average Bonchev–Trinajstić information content (AvgIpc) is 3.43. The number of anilines is 1. The topological polar surface area (TPSA) is 93.0 Å².